The van der Waals surface area contributed by atoms with Crippen molar-refractivity contribution in [3.63, 3.8) is 0 Å². The molecule has 0 N–H and O–H groups in total. The van der Waals surface area contributed by atoms with Crippen molar-refractivity contribution in [2.45, 2.75) is 36.7 Å². The van der Waals surface area contributed by atoms with Crippen LogP contribution >= 0.6 is 10.5 Å². The summed E-state index contributed by atoms with van der Waals surface area (Å²) in [6.45, 7) is 1.84. The van der Waals surface area contributed by atoms with Crippen LogP contribution in [0.15, 0.2) is 24.3 Å². The molecule has 25 heavy (non-hydrogen) atoms. The van der Waals surface area contributed by atoms with E-state index < -0.39 is 31.6 Å². The lowest BCUT2D eigenvalue weighted by Crippen LogP contribution is -2.21. The first kappa shape index (κ1) is 20.0. The molecule has 0 aliphatic heterocycles. The van der Waals surface area contributed by atoms with E-state index >= 15 is 0 Å². The van der Waals surface area contributed by atoms with E-state index in [0.29, 0.717) is 9.58 Å². The van der Waals surface area contributed by atoms with Crippen molar-refractivity contribution in [1.29, 1.82) is 0 Å². The molecule has 1 atom stereocenters. The van der Waals surface area contributed by atoms with E-state index in [9.17, 15) is 26.3 Å². The minimum Gasteiger partial charge on any atom is -0.741 e. The van der Waals surface area contributed by atoms with Gasteiger partial charge < -0.3 is 4.55 Å². The Labute approximate surface area is 142 Å². The SMILES string of the molecule is Cc1ccc2cc(C3CC3)[s+](C(F)(F)F)c2c1.O=S(=O)([O-])C(F)(F)F. The summed E-state index contributed by atoms with van der Waals surface area (Å²) in [6.07, 6.45) is 1.83. The molecule has 1 heterocycles. The van der Waals surface area contributed by atoms with Crippen molar-refractivity contribution in [2.75, 3.05) is 0 Å². The average Bonchev–Trinajstić information content (AvgIpc) is 3.16. The molecule has 0 bridgehead atoms. The molecule has 0 spiro atoms. The standard InChI is InChI=1S/C13H12F3S.CHF3O3S/c1-8-2-3-10-7-12(9-4-5-9)17(11(10)6-8)13(14,15)16;2-1(3,4)8(5,6)7/h2-3,6-7,9H,4-5H2,1H3;(H,5,6,7)/q+1;/p-1. The lowest BCUT2D eigenvalue weighted by atomic mass is 10.2. The fraction of sp³-hybridized carbons (Fsp3) is 0.429. The van der Waals surface area contributed by atoms with Crippen molar-refractivity contribution >= 4 is 30.7 Å². The second kappa shape index (κ2) is 6.44. The van der Waals surface area contributed by atoms with Gasteiger partial charge in [-0.1, -0.05) is 6.07 Å². The zero-order chi connectivity index (χ0) is 19.2. The van der Waals surface area contributed by atoms with Crippen molar-refractivity contribution < 1.29 is 39.3 Å². The number of halogens is 6. The molecule has 140 valence electrons. The number of alkyl halides is 6. The Morgan fingerprint density at radius 2 is 1.60 bits per heavy atom. The van der Waals surface area contributed by atoms with E-state index in [2.05, 4.69) is 0 Å². The summed E-state index contributed by atoms with van der Waals surface area (Å²) in [5, 5.41) is 0.762. The fourth-order valence-corrected chi connectivity index (χ4v) is 4.44. The van der Waals surface area contributed by atoms with Crippen molar-refractivity contribution in [2.24, 2.45) is 0 Å². The molecule has 1 aliphatic rings. The highest BCUT2D eigenvalue weighted by Crippen LogP contribution is 2.57. The molecule has 1 fully saturated rings. The largest absolute Gasteiger partial charge is 0.741 e. The number of thiophene rings is 1. The van der Waals surface area contributed by atoms with E-state index in [1.807, 2.05) is 19.1 Å². The molecule has 11 heteroatoms. The maximum atomic E-state index is 13.2. The minimum absolute atomic E-state index is 0.174. The van der Waals surface area contributed by atoms with Crippen LogP contribution < -0.4 is 0 Å². The van der Waals surface area contributed by atoms with Gasteiger partial charge >= 0.3 is 11.0 Å². The van der Waals surface area contributed by atoms with Crippen molar-refractivity contribution in [3.05, 3.63) is 34.7 Å². The molecule has 3 nitrogen and oxygen atoms in total. The monoisotopic (exact) mass is 406 g/mol. The van der Waals surface area contributed by atoms with Crippen molar-refractivity contribution in [1.82, 2.24) is 0 Å². The fourth-order valence-electron chi connectivity index (χ4n) is 2.19. The summed E-state index contributed by atoms with van der Waals surface area (Å²) < 4.78 is 98.9. The van der Waals surface area contributed by atoms with Gasteiger partial charge in [-0.3, -0.25) is 0 Å². The molecule has 0 saturated heterocycles. The van der Waals surface area contributed by atoms with Crippen LogP contribution in [0.1, 0.15) is 29.2 Å². The maximum Gasteiger partial charge on any atom is 0.600 e. The molecule has 1 aromatic carbocycles. The van der Waals surface area contributed by atoms with Crippen LogP contribution in [0.3, 0.4) is 0 Å². The molecule has 2 aromatic rings. The summed E-state index contributed by atoms with van der Waals surface area (Å²) in [4.78, 5) is 0.609. The summed E-state index contributed by atoms with van der Waals surface area (Å²) in [5.41, 5.74) is -8.88. The molecule has 1 unspecified atom stereocenters. The van der Waals surface area contributed by atoms with Gasteiger partial charge in [-0.2, -0.15) is 13.2 Å². The minimum atomic E-state index is -6.09. The van der Waals surface area contributed by atoms with E-state index in [4.69, 9.17) is 13.0 Å². The third-order valence-electron chi connectivity index (χ3n) is 3.42. The van der Waals surface area contributed by atoms with Crippen LogP contribution in [-0.4, -0.2) is 18.5 Å². The smallest absolute Gasteiger partial charge is 0.600 e. The van der Waals surface area contributed by atoms with Crippen LogP contribution in [0.4, 0.5) is 26.3 Å². The third kappa shape index (κ3) is 4.64. The first-order valence-electron chi connectivity index (χ1n) is 6.87. The molecule has 1 aromatic heterocycles. The predicted molar refractivity (Wildman–Crippen MR) is 80.2 cm³/mol. The summed E-state index contributed by atoms with van der Waals surface area (Å²) in [7, 11) is -7.76. The summed E-state index contributed by atoms with van der Waals surface area (Å²) in [6, 6.07) is 7.15. The van der Waals surface area contributed by atoms with Gasteiger partial charge in [0.15, 0.2) is 19.7 Å². The Bertz CT molecular complexity index is 876. The quantitative estimate of drug-likeness (QED) is 0.279. The van der Waals surface area contributed by atoms with Crippen molar-refractivity contribution in [3.8, 4) is 0 Å². The van der Waals surface area contributed by atoms with E-state index in [-0.39, 0.29) is 5.92 Å². The van der Waals surface area contributed by atoms with Gasteiger partial charge in [0.25, 0.3) is 0 Å². The first-order valence-corrected chi connectivity index (χ1v) is 9.50. The molecule has 0 radical (unpaired) electrons. The Morgan fingerprint density at radius 3 is 2.00 bits per heavy atom. The third-order valence-corrected chi connectivity index (χ3v) is 6.16. The Morgan fingerprint density at radius 1 is 1.08 bits per heavy atom. The average molecular weight is 406 g/mol. The Balaban J connectivity index is 0.000000242. The first-order chi connectivity index (χ1) is 11.2. The number of hydrogen-bond donors (Lipinski definition) is 0. The van der Waals surface area contributed by atoms with Crippen LogP contribution in [0.2, 0.25) is 0 Å². The lowest BCUT2D eigenvalue weighted by Gasteiger charge is -2.08. The normalized spacial score (nSPS) is 16.6. The number of fused-ring (bicyclic) bond motifs is 1. The zero-order valence-corrected chi connectivity index (χ0v) is 14.2. The van der Waals surface area contributed by atoms with E-state index in [1.54, 1.807) is 12.1 Å². The van der Waals surface area contributed by atoms with Crippen LogP contribution in [0, 0.1) is 6.92 Å². The zero-order valence-electron chi connectivity index (χ0n) is 12.6. The molecule has 3 rings (SSSR count). The predicted octanol–water partition coefficient (Wildman–Crippen LogP) is 5.30. The van der Waals surface area contributed by atoms with Crippen LogP contribution in [-0.2, 0) is 15.6 Å². The van der Waals surface area contributed by atoms with Gasteiger partial charge in [-0.05, 0) is 31.4 Å². The topological polar surface area (TPSA) is 57.2 Å². The summed E-state index contributed by atoms with van der Waals surface area (Å²) >= 11 is 0. The van der Waals surface area contributed by atoms with Gasteiger partial charge in [-0.15, -0.1) is 13.2 Å². The van der Waals surface area contributed by atoms with E-state index in [0.717, 1.165) is 23.8 Å². The molecule has 0 amide bonds. The van der Waals surface area contributed by atoms with Gasteiger partial charge in [0, 0.05) is 23.4 Å². The number of benzene rings is 1. The van der Waals surface area contributed by atoms with Gasteiger partial charge in [0.1, 0.15) is 0 Å². The second-order valence-corrected chi connectivity index (χ2v) is 8.87. The second-order valence-electron chi connectivity index (χ2n) is 5.51. The molecular weight excluding hydrogens is 394 g/mol. The molecule has 1 aliphatic carbocycles. The van der Waals surface area contributed by atoms with Crippen LogP contribution in [0.25, 0.3) is 10.1 Å². The highest BCUT2D eigenvalue weighted by molar-refractivity contribution is 7.86. The summed E-state index contributed by atoms with van der Waals surface area (Å²) in [5.74, 6) is 0.174. The Kier molecular flexibility index (Phi) is 5.15. The molecular formula is C14H12F6O3S2. The van der Waals surface area contributed by atoms with Gasteiger partial charge in [0.05, 0.1) is 10.5 Å². The van der Waals surface area contributed by atoms with Gasteiger partial charge in [-0.25, -0.2) is 8.42 Å². The number of aryl methyl sites for hydroxylation is 1. The van der Waals surface area contributed by atoms with Gasteiger partial charge in [0.2, 0.25) is 0 Å². The highest BCUT2D eigenvalue weighted by atomic mass is 32.2. The highest BCUT2D eigenvalue weighted by Gasteiger charge is 2.51. The maximum absolute atomic E-state index is 13.2. The van der Waals surface area contributed by atoms with E-state index in [1.165, 1.54) is 0 Å². The lowest BCUT2D eigenvalue weighted by molar-refractivity contribution is -0.0867. The molecule has 1 saturated carbocycles. The number of rotatable bonds is 1. The number of hydrogen-bond acceptors (Lipinski definition) is 3. The Hall–Kier alpha value is -1.33. The van der Waals surface area contributed by atoms with Crippen LogP contribution in [0.5, 0.6) is 0 Å².